The van der Waals surface area contributed by atoms with E-state index in [1.165, 1.54) is 0 Å². The topological polar surface area (TPSA) is 12.9 Å². The van der Waals surface area contributed by atoms with Crippen LogP contribution in [-0.2, 0) is 16.5 Å². The quantitative estimate of drug-likeness (QED) is 0.650. The molecule has 0 saturated carbocycles. The van der Waals surface area contributed by atoms with Crippen LogP contribution in [0.1, 0.15) is 5.69 Å². The van der Waals surface area contributed by atoms with Crippen molar-refractivity contribution < 1.29 is 16.5 Å². The summed E-state index contributed by atoms with van der Waals surface area (Å²) in [5, 5.41) is 0. The Morgan fingerprint density at radius 1 is 1.60 bits per heavy atom. The molecule has 0 atom stereocenters. The Labute approximate surface area is 77.1 Å². The van der Waals surface area contributed by atoms with E-state index in [9.17, 15) is 0 Å². The summed E-state index contributed by atoms with van der Waals surface area (Å²) in [6, 6.07) is 6.62. The van der Waals surface area contributed by atoms with E-state index in [4.69, 9.17) is 18.8 Å². The Kier molecular flexibility index (Phi) is 7.84. The van der Waals surface area contributed by atoms with Gasteiger partial charge in [0.1, 0.15) is 0 Å². The fourth-order valence-electron chi connectivity index (χ4n) is 0.404. The van der Waals surface area contributed by atoms with Crippen LogP contribution in [0.5, 0.6) is 0 Å². The molecular weight excluding hydrogens is 352 g/mol. The van der Waals surface area contributed by atoms with Crippen molar-refractivity contribution in [2.75, 3.05) is 0 Å². The molecule has 4 heteroatoms. The van der Waals surface area contributed by atoms with Crippen molar-refractivity contribution in [2.45, 2.75) is 6.92 Å². The van der Waals surface area contributed by atoms with Crippen LogP contribution in [0.3, 0.4) is 0 Å². The maximum atomic E-state index is 4.88. The second kappa shape index (κ2) is 7.52. The second-order valence-corrected chi connectivity index (χ2v) is 4.70. The molecular formula is C6H6Cl2NPt-. The van der Waals surface area contributed by atoms with Crippen molar-refractivity contribution in [1.82, 2.24) is 4.98 Å². The number of nitrogens with zero attached hydrogens (tertiary/aromatic N) is 1. The van der Waals surface area contributed by atoms with Gasteiger partial charge in [-0.15, -0.1) is 0 Å². The van der Waals surface area contributed by atoms with Gasteiger partial charge in [-0.3, -0.25) is 0 Å². The first-order chi connectivity index (χ1) is 4.81. The third kappa shape index (κ3) is 6.54. The minimum atomic E-state index is -0.472. The van der Waals surface area contributed by atoms with E-state index >= 15 is 0 Å². The van der Waals surface area contributed by atoms with Crippen LogP contribution in [-0.4, -0.2) is 4.98 Å². The molecule has 1 heterocycles. The molecule has 0 bridgehead atoms. The van der Waals surface area contributed by atoms with Crippen LogP contribution in [0.4, 0.5) is 0 Å². The molecule has 60 valence electrons. The molecule has 0 amide bonds. The standard InChI is InChI=1S/C6H6N.2ClH.Pt/c1-6-4-2-3-5-7-6;;;/h2-3,5H,1H3;2*1H;/q-1;;;+2/p-2. The van der Waals surface area contributed by atoms with Crippen LogP contribution in [0.25, 0.3) is 0 Å². The van der Waals surface area contributed by atoms with Gasteiger partial charge in [-0.25, -0.2) is 12.1 Å². The Bertz CT molecular complexity index is 157. The first-order valence-corrected chi connectivity index (χ1v) is 8.06. The molecule has 0 N–H and O–H groups in total. The third-order valence-electron chi connectivity index (χ3n) is 0.743. The van der Waals surface area contributed by atoms with Gasteiger partial charge in [0.15, 0.2) is 0 Å². The number of aryl methyl sites for hydroxylation is 1. The van der Waals surface area contributed by atoms with E-state index in [1.807, 2.05) is 19.1 Å². The summed E-state index contributed by atoms with van der Waals surface area (Å²) in [6.07, 6.45) is 1.76. The van der Waals surface area contributed by atoms with Crippen LogP contribution in [0, 0.1) is 13.0 Å². The summed E-state index contributed by atoms with van der Waals surface area (Å²) in [4.78, 5) is 3.92. The number of rotatable bonds is 0. The van der Waals surface area contributed by atoms with Crippen LogP contribution in [0.15, 0.2) is 18.3 Å². The Morgan fingerprint density at radius 3 is 2.40 bits per heavy atom. The Hall–Kier alpha value is 0.418. The van der Waals surface area contributed by atoms with Crippen molar-refractivity contribution in [2.24, 2.45) is 0 Å². The van der Waals surface area contributed by atoms with E-state index < -0.39 is 16.5 Å². The number of aromatic nitrogens is 1. The molecule has 0 fully saturated rings. The van der Waals surface area contributed by atoms with Crippen molar-refractivity contribution in [1.29, 1.82) is 0 Å². The van der Waals surface area contributed by atoms with Crippen LogP contribution < -0.4 is 0 Å². The molecule has 0 radical (unpaired) electrons. The van der Waals surface area contributed by atoms with Gasteiger partial charge in [0, 0.05) is 0 Å². The summed E-state index contributed by atoms with van der Waals surface area (Å²) in [6.45, 7) is 1.92. The fourth-order valence-corrected chi connectivity index (χ4v) is 0.404. The van der Waals surface area contributed by atoms with Gasteiger partial charge >= 0.3 is 35.3 Å². The minimum absolute atomic E-state index is 0.472. The van der Waals surface area contributed by atoms with Crippen LogP contribution in [0.2, 0.25) is 0 Å². The molecule has 0 unspecified atom stereocenters. The number of hydrogen-bond donors (Lipinski definition) is 0. The fraction of sp³-hybridized carbons (Fsp3) is 0.167. The van der Waals surface area contributed by atoms with Crippen molar-refractivity contribution in [3.05, 3.63) is 30.1 Å². The van der Waals surface area contributed by atoms with Gasteiger partial charge in [-0.1, -0.05) is 11.9 Å². The molecule has 0 aliphatic carbocycles. The van der Waals surface area contributed by atoms with Gasteiger partial charge in [0.2, 0.25) is 0 Å². The molecule has 1 aromatic rings. The predicted molar refractivity (Wildman–Crippen MR) is 39.5 cm³/mol. The Balaban J connectivity index is 0.000000236. The van der Waals surface area contributed by atoms with E-state index in [-0.39, 0.29) is 0 Å². The number of hydrogen-bond acceptors (Lipinski definition) is 1. The molecule has 1 nitrogen and oxygen atoms in total. The molecule has 1 rings (SSSR count). The molecule has 0 aliphatic heterocycles. The second-order valence-electron chi connectivity index (χ2n) is 1.41. The molecule has 1 aromatic heterocycles. The summed E-state index contributed by atoms with van der Waals surface area (Å²) >= 11 is -0.472. The molecule has 0 spiro atoms. The molecule has 0 saturated heterocycles. The average molecular weight is 358 g/mol. The third-order valence-corrected chi connectivity index (χ3v) is 0.743. The van der Waals surface area contributed by atoms with Crippen molar-refractivity contribution in [3.63, 3.8) is 0 Å². The number of halogens is 2. The van der Waals surface area contributed by atoms with E-state index in [2.05, 4.69) is 11.1 Å². The monoisotopic (exact) mass is 357 g/mol. The van der Waals surface area contributed by atoms with Crippen molar-refractivity contribution in [3.8, 4) is 0 Å². The zero-order chi connectivity index (χ0) is 7.82. The Morgan fingerprint density at radius 2 is 2.20 bits per heavy atom. The van der Waals surface area contributed by atoms with Crippen molar-refractivity contribution >= 4 is 18.8 Å². The van der Waals surface area contributed by atoms with Gasteiger partial charge < -0.3 is 4.98 Å². The van der Waals surface area contributed by atoms with E-state index in [0.29, 0.717) is 0 Å². The normalized spacial score (nSPS) is 8.30. The van der Waals surface area contributed by atoms with Gasteiger partial charge in [-0.05, 0) is 6.92 Å². The molecule has 0 aromatic carbocycles. The first kappa shape index (κ1) is 10.4. The summed E-state index contributed by atoms with van der Waals surface area (Å²) in [5.41, 5.74) is 0.947. The zero-order valence-corrected chi connectivity index (χ0v) is 9.04. The SMILES string of the molecule is Cc1[c-]cccn1.[Cl][Pt][Cl]. The average Bonchev–Trinajstić information content (AvgIpc) is 1.91. The van der Waals surface area contributed by atoms with Crippen LogP contribution >= 0.6 is 18.8 Å². The van der Waals surface area contributed by atoms with E-state index in [0.717, 1.165) is 5.69 Å². The predicted octanol–water partition coefficient (Wildman–Crippen LogP) is 2.57. The van der Waals surface area contributed by atoms with Gasteiger partial charge in [0.05, 0.1) is 0 Å². The molecule has 0 aliphatic rings. The summed E-state index contributed by atoms with van der Waals surface area (Å²) in [5.74, 6) is 0. The molecule has 10 heavy (non-hydrogen) atoms. The maximum absolute atomic E-state index is 4.88. The van der Waals surface area contributed by atoms with E-state index in [1.54, 1.807) is 6.20 Å². The zero-order valence-electron chi connectivity index (χ0n) is 5.25. The first-order valence-electron chi connectivity index (χ1n) is 2.43. The van der Waals surface area contributed by atoms with Gasteiger partial charge in [-0.2, -0.15) is 6.07 Å². The number of pyridine rings is 1. The summed E-state index contributed by atoms with van der Waals surface area (Å²) < 4.78 is 0. The van der Waals surface area contributed by atoms with Gasteiger partial charge in [0.25, 0.3) is 0 Å². The summed E-state index contributed by atoms with van der Waals surface area (Å²) in [7, 11) is 9.75.